The van der Waals surface area contributed by atoms with Crippen molar-refractivity contribution in [1.82, 2.24) is 5.32 Å². The number of rotatable bonds is 6. The molecule has 3 nitrogen and oxygen atoms in total. The summed E-state index contributed by atoms with van der Waals surface area (Å²) in [5, 5.41) is 3.16. The Hall–Kier alpha value is -0.730. The molecule has 3 heteroatoms. The second-order valence-electron chi connectivity index (χ2n) is 4.69. The molecule has 1 rings (SSSR count). The van der Waals surface area contributed by atoms with Crippen LogP contribution in [0.5, 0.6) is 0 Å². The summed E-state index contributed by atoms with van der Waals surface area (Å²) < 4.78 is 0. The van der Waals surface area contributed by atoms with Gasteiger partial charge in [-0.15, -0.1) is 0 Å². The van der Waals surface area contributed by atoms with E-state index in [9.17, 15) is 0 Å². The van der Waals surface area contributed by atoms with Crippen LogP contribution in [0.15, 0.2) is 4.99 Å². The molecule has 1 aliphatic carbocycles. The Bertz CT molecular complexity index is 201. The Morgan fingerprint density at radius 2 is 2.13 bits per heavy atom. The van der Waals surface area contributed by atoms with Crippen molar-refractivity contribution in [2.24, 2.45) is 16.1 Å². The van der Waals surface area contributed by atoms with Gasteiger partial charge < -0.3 is 11.1 Å². The molecule has 0 aromatic rings. The number of nitrogens with two attached hydrogens (primary N) is 1. The number of unbranched alkanes of at least 4 members (excludes halogenated alkanes) is 1. The summed E-state index contributed by atoms with van der Waals surface area (Å²) in [4.78, 5) is 4.44. The summed E-state index contributed by atoms with van der Waals surface area (Å²) in [6.07, 6.45) is 7.62. The summed E-state index contributed by atoms with van der Waals surface area (Å²) in [7, 11) is 0. The largest absolute Gasteiger partial charge is 0.370 e. The molecular formula is C12H25N3. The van der Waals surface area contributed by atoms with Gasteiger partial charge in [0.15, 0.2) is 5.96 Å². The summed E-state index contributed by atoms with van der Waals surface area (Å²) >= 11 is 0. The topological polar surface area (TPSA) is 50.4 Å². The maximum absolute atomic E-state index is 5.79. The third kappa shape index (κ3) is 3.73. The van der Waals surface area contributed by atoms with E-state index >= 15 is 0 Å². The fraction of sp³-hybridized carbons (Fsp3) is 0.917. The lowest BCUT2D eigenvalue weighted by Gasteiger charge is -2.40. The van der Waals surface area contributed by atoms with E-state index in [-0.39, 0.29) is 0 Å². The van der Waals surface area contributed by atoms with E-state index in [1.54, 1.807) is 0 Å². The van der Waals surface area contributed by atoms with Gasteiger partial charge in [0, 0.05) is 13.1 Å². The standard InChI is InChI=1S/C12H25N3/c1-3-5-9-14-11(13)15-10-12(4-2)7-6-8-12/h3-10H2,1-2H3,(H3,13,14,15). The number of hydrogen-bond donors (Lipinski definition) is 2. The van der Waals surface area contributed by atoms with Crippen LogP contribution in [0.2, 0.25) is 0 Å². The maximum Gasteiger partial charge on any atom is 0.188 e. The zero-order valence-corrected chi connectivity index (χ0v) is 10.2. The van der Waals surface area contributed by atoms with Gasteiger partial charge in [0.05, 0.1) is 0 Å². The highest BCUT2D eigenvalue weighted by atomic mass is 15.1. The Morgan fingerprint density at radius 1 is 1.40 bits per heavy atom. The molecule has 15 heavy (non-hydrogen) atoms. The van der Waals surface area contributed by atoms with Crippen molar-refractivity contribution in [3.8, 4) is 0 Å². The molecule has 88 valence electrons. The predicted octanol–water partition coefficient (Wildman–Crippen LogP) is 2.27. The Labute approximate surface area is 93.5 Å². The fourth-order valence-electron chi connectivity index (χ4n) is 2.00. The van der Waals surface area contributed by atoms with Crippen LogP contribution in [0.1, 0.15) is 52.4 Å². The fourth-order valence-corrected chi connectivity index (χ4v) is 2.00. The van der Waals surface area contributed by atoms with E-state index in [0.29, 0.717) is 11.4 Å². The molecule has 0 spiro atoms. The summed E-state index contributed by atoms with van der Waals surface area (Å²) in [5.74, 6) is 0.628. The molecule has 1 aliphatic rings. The smallest absolute Gasteiger partial charge is 0.188 e. The quantitative estimate of drug-likeness (QED) is 0.402. The Morgan fingerprint density at radius 3 is 2.60 bits per heavy atom. The van der Waals surface area contributed by atoms with E-state index in [0.717, 1.165) is 19.5 Å². The van der Waals surface area contributed by atoms with Gasteiger partial charge in [-0.25, -0.2) is 0 Å². The first-order valence-electron chi connectivity index (χ1n) is 6.26. The first-order chi connectivity index (χ1) is 7.22. The number of hydrogen-bond acceptors (Lipinski definition) is 1. The molecule has 0 saturated heterocycles. The SMILES string of the molecule is CCCCNC(N)=NCC1(CC)CCC1. The van der Waals surface area contributed by atoms with Crippen LogP contribution < -0.4 is 11.1 Å². The van der Waals surface area contributed by atoms with Gasteiger partial charge in [-0.1, -0.05) is 26.7 Å². The van der Waals surface area contributed by atoms with Gasteiger partial charge in [-0.05, 0) is 31.1 Å². The van der Waals surface area contributed by atoms with E-state index in [1.165, 1.54) is 32.1 Å². The van der Waals surface area contributed by atoms with Crippen LogP contribution >= 0.6 is 0 Å². The number of aliphatic imine (C=N–C) groups is 1. The summed E-state index contributed by atoms with van der Waals surface area (Å²) in [5.41, 5.74) is 6.28. The first-order valence-corrected chi connectivity index (χ1v) is 6.26. The van der Waals surface area contributed by atoms with Crippen LogP contribution in [0.25, 0.3) is 0 Å². The van der Waals surface area contributed by atoms with Crippen LogP contribution in [-0.2, 0) is 0 Å². The lowest BCUT2D eigenvalue weighted by molar-refractivity contribution is 0.139. The highest BCUT2D eigenvalue weighted by Crippen LogP contribution is 2.43. The van der Waals surface area contributed by atoms with Gasteiger partial charge in [-0.3, -0.25) is 4.99 Å². The van der Waals surface area contributed by atoms with E-state index in [4.69, 9.17) is 5.73 Å². The van der Waals surface area contributed by atoms with E-state index in [2.05, 4.69) is 24.2 Å². The molecule has 1 fully saturated rings. The van der Waals surface area contributed by atoms with Crippen molar-refractivity contribution in [2.45, 2.75) is 52.4 Å². The minimum absolute atomic E-state index is 0.483. The van der Waals surface area contributed by atoms with Crippen molar-refractivity contribution in [3.05, 3.63) is 0 Å². The van der Waals surface area contributed by atoms with Crippen molar-refractivity contribution >= 4 is 5.96 Å². The molecule has 0 aromatic heterocycles. The normalized spacial score (nSPS) is 19.7. The highest BCUT2D eigenvalue weighted by molar-refractivity contribution is 5.77. The lowest BCUT2D eigenvalue weighted by atomic mass is 9.67. The first kappa shape index (κ1) is 12.3. The second kappa shape index (κ2) is 5.99. The van der Waals surface area contributed by atoms with Gasteiger partial charge in [0.2, 0.25) is 0 Å². The van der Waals surface area contributed by atoms with Crippen molar-refractivity contribution in [3.63, 3.8) is 0 Å². The van der Waals surface area contributed by atoms with Gasteiger partial charge in [0.25, 0.3) is 0 Å². The number of guanidine groups is 1. The van der Waals surface area contributed by atoms with Crippen LogP contribution in [0.3, 0.4) is 0 Å². The molecule has 0 atom stereocenters. The zero-order valence-electron chi connectivity index (χ0n) is 10.2. The minimum atomic E-state index is 0.483. The zero-order chi connectivity index (χ0) is 11.1. The molecule has 0 radical (unpaired) electrons. The average molecular weight is 211 g/mol. The van der Waals surface area contributed by atoms with Gasteiger partial charge in [0.1, 0.15) is 0 Å². The van der Waals surface area contributed by atoms with Crippen molar-refractivity contribution in [1.29, 1.82) is 0 Å². The third-order valence-corrected chi connectivity index (χ3v) is 3.59. The van der Waals surface area contributed by atoms with Crippen LogP contribution in [0, 0.1) is 5.41 Å². The molecule has 0 unspecified atom stereocenters. The van der Waals surface area contributed by atoms with Crippen molar-refractivity contribution < 1.29 is 0 Å². The summed E-state index contributed by atoms with van der Waals surface area (Å²) in [6.45, 7) is 6.30. The molecule has 0 amide bonds. The predicted molar refractivity (Wildman–Crippen MR) is 66.0 cm³/mol. The Balaban J connectivity index is 2.23. The van der Waals surface area contributed by atoms with E-state index in [1.807, 2.05) is 0 Å². The monoisotopic (exact) mass is 211 g/mol. The second-order valence-corrected chi connectivity index (χ2v) is 4.69. The molecular weight excluding hydrogens is 186 g/mol. The average Bonchev–Trinajstić information content (AvgIpc) is 2.17. The van der Waals surface area contributed by atoms with Gasteiger partial charge in [-0.2, -0.15) is 0 Å². The maximum atomic E-state index is 5.79. The van der Waals surface area contributed by atoms with E-state index < -0.39 is 0 Å². The Kier molecular flexibility index (Phi) is 4.92. The van der Waals surface area contributed by atoms with Crippen LogP contribution in [-0.4, -0.2) is 19.0 Å². The van der Waals surface area contributed by atoms with Crippen LogP contribution in [0.4, 0.5) is 0 Å². The van der Waals surface area contributed by atoms with Gasteiger partial charge >= 0.3 is 0 Å². The number of nitrogens with one attached hydrogen (secondary N) is 1. The molecule has 0 heterocycles. The highest BCUT2D eigenvalue weighted by Gasteiger charge is 2.34. The minimum Gasteiger partial charge on any atom is -0.370 e. The lowest BCUT2D eigenvalue weighted by Crippen LogP contribution is -2.36. The summed E-state index contributed by atoms with van der Waals surface area (Å²) in [6, 6.07) is 0. The molecule has 1 saturated carbocycles. The third-order valence-electron chi connectivity index (χ3n) is 3.59. The molecule has 0 bridgehead atoms. The van der Waals surface area contributed by atoms with Crippen molar-refractivity contribution in [2.75, 3.05) is 13.1 Å². The molecule has 0 aromatic carbocycles. The number of nitrogens with zero attached hydrogens (tertiary/aromatic N) is 1. The molecule has 3 N–H and O–H groups in total. The molecule has 0 aliphatic heterocycles.